The van der Waals surface area contributed by atoms with Crippen molar-refractivity contribution in [2.75, 3.05) is 5.73 Å². The number of aryl methyl sites for hydroxylation is 1. The van der Waals surface area contributed by atoms with E-state index in [1.165, 1.54) is 4.57 Å². The highest BCUT2D eigenvalue weighted by Gasteiger charge is 2.06. The highest BCUT2D eigenvalue weighted by molar-refractivity contribution is 6.31. The number of hydrogen-bond donors (Lipinski definition) is 2. The molecule has 0 bridgehead atoms. The fraction of sp³-hybridized carbons (Fsp3) is 0.231. The first kappa shape index (κ1) is 13.4. The number of rotatable bonds is 3. The van der Waals surface area contributed by atoms with Crippen molar-refractivity contribution in [1.82, 2.24) is 9.55 Å². The zero-order valence-corrected chi connectivity index (χ0v) is 11.2. The fourth-order valence-electron chi connectivity index (χ4n) is 1.82. The normalized spacial score (nSPS) is 10.6. The topological polar surface area (TPSA) is 80.9 Å². The first-order chi connectivity index (χ1) is 9.01. The van der Waals surface area contributed by atoms with Gasteiger partial charge in [-0.05, 0) is 30.2 Å². The van der Waals surface area contributed by atoms with Gasteiger partial charge in [-0.2, -0.15) is 0 Å². The molecule has 2 rings (SSSR count). The van der Waals surface area contributed by atoms with Crippen LogP contribution in [0.3, 0.4) is 0 Å². The molecule has 0 aliphatic heterocycles. The van der Waals surface area contributed by atoms with E-state index in [4.69, 9.17) is 17.3 Å². The maximum Gasteiger partial charge on any atom is 0.328 e. The SMILES string of the molecule is CCc1cn(Cc2cc(N)ccc2Cl)c(=O)[nH]c1=O. The first-order valence-electron chi connectivity index (χ1n) is 5.87. The minimum absolute atomic E-state index is 0.270. The summed E-state index contributed by atoms with van der Waals surface area (Å²) in [7, 11) is 0. The number of hydrogen-bond acceptors (Lipinski definition) is 3. The zero-order chi connectivity index (χ0) is 14.0. The van der Waals surface area contributed by atoms with Crippen LogP contribution in [0.4, 0.5) is 5.69 Å². The molecule has 0 saturated carbocycles. The number of H-pyrrole nitrogens is 1. The van der Waals surface area contributed by atoms with E-state index in [9.17, 15) is 9.59 Å². The molecule has 0 atom stereocenters. The van der Waals surface area contributed by atoms with Crippen LogP contribution in [-0.4, -0.2) is 9.55 Å². The molecule has 0 aliphatic carbocycles. The minimum Gasteiger partial charge on any atom is -0.399 e. The molecule has 0 fully saturated rings. The number of nitrogens with two attached hydrogens (primary N) is 1. The number of aromatic nitrogens is 2. The van der Waals surface area contributed by atoms with Crippen molar-refractivity contribution >= 4 is 17.3 Å². The van der Waals surface area contributed by atoms with Gasteiger partial charge < -0.3 is 5.73 Å². The molecule has 0 amide bonds. The van der Waals surface area contributed by atoms with Crippen LogP contribution in [0.25, 0.3) is 0 Å². The van der Waals surface area contributed by atoms with Crippen molar-refractivity contribution in [3.63, 3.8) is 0 Å². The van der Waals surface area contributed by atoms with Crippen molar-refractivity contribution in [2.24, 2.45) is 0 Å². The Hall–Kier alpha value is -2.01. The fourth-order valence-corrected chi connectivity index (χ4v) is 2.00. The van der Waals surface area contributed by atoms with Crippen LogP contribution < -0.4 is 17.0 Å². The number of halogens is 1. The third kappa shape index (κ3) is 2.88. The Morgan fingerprint density at radius 2 is 2.05 bits per heavy atom. The summed E-state index contributed by atoms with van der Waals surface area (Å²) >= 11 is 6.06. The molecule has 1 heterocycles. The number of anilines is 1. The van der Waals surface area contributed by atoms with Crippen LogP contribution in [0.15, 0.2) is 34.0 Å². The predicted molar refractivity (Wildman–Crippen MR) is 75.7 cm³/mol. The maximum atomic E-state index is 11.7. The van der Waals surface area contributed by atoms with E-state index in [0.29, 0.717) is 22.7 Å². The van der Waals surface area contributed by atoms with Gasteiger partial charge in [0, 0.05) is 22.5 Å². The largest absolute Gasteiger partial charge is 0.399 e. The Morgan fingerprint density at radius 3 is 2.74 bits per heavy atom. The Bertz CT molecular complexity index is 719. The van der Waals surface area contributed by atoms with Crippen LogP contribution in [0, 0.1) is 0 Å². The van der Waals surface area contributed by atoms with E-state index in [1.807, 2.05) is 6.92 Å². The van der Waals surface area contributed by atoms with Gasteiger partial charge in [-0.25, -0.2) is 4.79 Å². The monoisotopic (exact) mass is 279 g/mol. The van der Waals surface area contributed by atoms with Gasteiger partial charge in [-0.1, -0.05) is 18.5 Å². The van der Waals surface area contributed by atoms with Crippen molar-refractivity contribution in [3.8, 4) is 0 Å². The molecule has 19 heavy (non-hydrogen) atoms. The lowest BCUT2D eigenvalue weighted by Gasteiger charge is -2.09. The lowest BCUT2D eigenvalue weighted by atomic mass is 10.2. The van der Waals surface area contributed by atoms with Crippen LogP contribution in [-0.2, 0) is 13.0 Å². The Kier molecular flexibility index (Phi) is 3.76. The van der Waals surface area contributed by atoms with Gasteiger partial charge in [-0.15, -0.1) is 0 Å². The molecule has 0 aliphatic rings. The smallest absolute Gasteiger partial charge is 0.328 e. The molecule has 5 nitrogen and oxygen atoms in total. The second kappa shape index (κ2) is 5.32. The number of aromatic amines is 1. The van der Waals surface area contributed by atoms with Crippen molar-refractivity contribution in [2.45, 2.75) is 19.9 Å². The number of benzene rings is 1. The van der Waals surface area contributed by atoms with Crippen molar-refractivity contribution in [1.29, 1.82) is 0 Å². The molecule has 2 aromatic rings. The Labute approximate surface area is 114 Å². The number of nitrogens with zero attached hydrogens (tertiary/aromatic N) is 1. The Balaban J connectivity index is 2.46. The quantitative estimate of drug-likeness (QED) is 0.833. The highest BCUT2D eigenvalue weighted by atomic mass is 35.5. The molecule has 1 aromatic heterocycles. The van der Waals surface area contributed by atoms with E-state index >= 15 is 0 Å². The molecule has 1 aromatic carbocycles. The number of nitrogens with one attached hydrogen (secondary N) is 1. The van der Waals surface area contributed by atoms with Crippen molar-refractivity contribution in [3.05, 3.63) is 61.4 Å². The van der Waals surface area contributed by atoms with Crippen LogP contribution in [0.1, 0.15) is 18.1 Å². The van der Waals surface area contributed by atoms with Gasteiger partial charge in [-0.3, -0.25) is 14.3 Å². The van der Waals surface area contributed by atoms with E-state index in [0.717, 1.165) is 5.56 Å². The van der Waals surface area contributed by atoms with Gasteiger partial charge in [0.1, 0.15) is 0 Å². The summed E-state index contributed by atoms with van der Waals surface area (Å²) in [5.41, 5.74) is 6.76. The second-order valence-corrected chi connectivity index (χ2v) is 4.65. The minimum atomic E-state index is -0.458. The van der Waals surface area contributed by atoms with Crippen LogP contribution in [0.2, 0.25) is 5.02 Å². The summed E-state index contributed by atoms with van der Waals surface area (Å²) in [4.78, 5) is 25.5. The first-order valence-corrected chi connectivity index (χ1v) is 6.25. The van der Waals surface area contributed by atoms with Crippen LogP contribution in [0.5, 0.6) is 0 Å². The maximum absolute atomic E-state index is 11.7. The summed E-state index contributed by atoms with van der Waals surface area (Å²) in [5, 5.41) is 0.533. The second-order valence-electron chi connectivity index (χ2n) is 4.25. The molecule has 0 radical (unpaired) electrons. The molecule has 0 spiro atoms. The summed E-state index contributed by atoms with van der Waals surface area (Å²) < 4.78 is 1.42. The number of nitrogen functional groups attached to an aromatic ring is 1. The average Bonchev–Trinajstić information content (AvgIpc) is 2.37. The van der Waals surface area contributed by atoms with Crippen molar-refractivity contribution < 1.29 is 0 Å². The van der Waals surface area contributed by atoms with Gasteiger partial charge in [0.25, 0.3) is 5.56 Å². The van der Waals surface area contributed by atoms with E-state index in [2.05, 4.69) is 4.98 Å². The van der Waals surface area contributed by atoms with Crippen LogP contribution >= 0.6 is 11.6 Å². The predicted octanol–water partition coefficient (Wildman–Crippen LogP) is 1.38. The zero-order valence-electron chi connectivity index (χ0n) is 10.4. The lowest BCUT2D eigenvalue weighted by molar-refractivity contribution is 0.708. The molecule has 100 valence electrons. The third-order valence-electron chi connectivity index (χ3n) is 2.88. The van der Waals surface area contributed by atoms with Gasteiger partial charge in [0.05, 0.1) is 6.54 Å². The average molecular weight is 280 g/mol. The standard InChI is InChI=1S/C13H14ClN3O2/c1-2-8-6-17(13(19)16-12(8)18)7-9-5-10(15)3-4-11(9)14/h3-6H,2,7,15H2,1H3,(H,16,18,19). The highest BCUT2D eigenvalue weighted by Crippen LogP contribution is 2.19. The molecule has 3 N–H and O–H groups in total. The van der Waals surface area contributed by atoms with Gasteiger partial charge in [0.15, 0.2) is 0 Å². The third-order valence-corrected chi connectivity index (χ3v) is 3.24. The van der Waals surface area contributed by atoms with E-state index < -0.39 is 5.69 Å². The van der Waals surface area contributed by atoms with Gasteiger partial charge in [0.2, 0.25) is 0 Å². The molecular weight excluding hydrogens is 266 g/mol. The summed E-state index contributed by atoms with van der Waals surface area (Å²) in [6.45, 7) is 2.12. The summed E-state index contributed by atoms with van der Waals surface area (Å²) in [6, 6.07) is 5.09. The summed E-state index contributed by atoms with van der Waals surface area (Å²) in [5.74, 6) is 0. The van der Waals surface area contributed by atoms with E-state index in [-0.39, 0.29) is 12.1 Å². The Morgan fingerprint density at radius 1 is 1.32 bits per heavy atom. The molecule has 0 saturated heterocycles. The molecule has 0 unspecified atom stereocenters. The summed E-state index contributed by atoms with van der Waals surface area (Å²) in [6.07, 6.45) is 2.11. The lowest BCUT2D eigenvalue weighted by Crippen LogP contribution is -2.31. The van der Waals surface area contributed by atoms with E-state index in [1.54, 1.807) is 24.4 Å². The molecular formula is C13H14ClN3O2. The molecule has 6 heteroatoms. The van der Waals surface area contributed by atoms with Gasteiger partial charge >= 0.3 is 5.69 Å².